The number of ether oxygens (including phenoxy) is 1. The second-order valence-corrected chi connectivity index (χ2v) is 8.79. The van der Waals surface area contributed by atoms with Gasteiger partial charge in [-0.3, -0.25) is 4.68 Å². The molecule has 0 aliphatic heterocycles. The normalized spacial score (nSPS) is 11.7. The molecule has 0 N–H and O–H groups in total. The minimum atomic E-state index is -3.92. The molecule has 4 rings (SSSR count). The van der Waals surface area contributed by atoms with Crippen LogP contribution in [0.4, 0.5) is 5.82 Å². The summed E-state index contributed by atoms with van der Waals surface area (Å²) in [5.74, 6) is 0.502. The van der Waals surface area contributed by atoms with E-state index >= 15 is 0 Å². The van der Waals surface area contributed by atoms with E-state index in [9.17, 15) is 8.42 Å². The van der Waals surface area contributed by atoms with Gasteiger partial charge in [-0.15, -0.1) is 0 Å². The molecule has 2 heterocycles. The van der Waals surface area contributed by atoms with Gasteiger partial charge in [0.15, 0.2) is 11.4 Å². The lowest BCUT2D eigenvalue weighted by Gasteiger charge is -2.19. The van der Waals surface area contributed by atoms with Crippen LogP contribution in [0.2, 0.25) is 0 Å². The van der Waals surface area contributed by atoms with Crippen LogP contribution in [0.25, 0.3) is 11.0 Å². The summed E-state index contributed by atoms with van der Waals surface area (Å²) in [6.07, 6.45) is 4.28. The molecule has 0 aliphatic carbocycles. The fraction of sp³-hybridized carbons (Fsp3) is 0.238. The van der Waals surface area contributed by atoms with Crippen LogP contribution >= 0.6 is 0 Å². The fourth-order valence-corrected chi connectivity index (χ4v) is 4.64. The molecule has 2 aromatic carbocycles. The Kier molecular flexibility index (Phi) is 5.21. The third-order valence-corrected chi connectivity index (χ3v) is 6.76. The van der Waals surface area contributed by atoms with Crippen molar-refractivity contribution in [3.8, 4) is 5.75 Å². The van der Waals surface area contributed by atoms with Crippen LogP contribution in [0.1, 0.15) is 18.1 Å². The van der Waals surface area contributed by atoms with Crippen LogP contribution in [0, 0.1) is 0 Å². The number of aromatic nitrogens is 3. The molecule has 9 heteroatoms. The van der Waals surface area contributed by atoms with E-state index in [4.69, 9.17) is 9.26 Å². The quantitative estimate of drug-likeness (QED) is 0.449. The monoisotopic (exact) mass is 426 g/mol. The van der Waals surface area contributed by atoms with Gasteiger partial charge in [-0.1, -0.05) is 24.2 Å². The molecule has 0 bridgehead atoms. The van der Waals surface area contributed by atoms with Crippen molar-refractivity contribution in [1.82, 2.24) is 14.9 Å². The molecule has 0 spiro atoms. The Balaban J connectivity index is 1.76. The first-order valence-corrected chi connectivity index (χ1v) is 10.9. The maximum atomic E-state index is 13.4. The summed E-state index contributed by atoms with van der Waals surface area (Å²) in [4.78, 5) is 0.0932. The Morgan fingerprint density at radius 2 is 1.97 bits per heavy atom. The Labute approximate surface area is 174 Å². The lowest BCUT2D eigenvalue weighted by molar-refractivity contribution is 0.402. The summed E-state index contributed by atoms with van der Waals surface area (Å²) < 4.78 is 40.4. The third-order valence-electron chi connectivity index (χ3n) is 4.99. The number of fused-ring (bicyclic) bond motifs is 1. The molecule has 2 aromatic heterocycles. The molecule has 4 aromatic rings. The predicted molar refractivity (Wildman–Crippen MR) is 113 cm³/mol. The van der Waals surface area contributed by atoms with Crippen molar-refractivity contribution in [2.45, 2.75) is 24.8 Å². The van der Waals surface area contributed by atoms with Crippen molar-refractivity contribution in [1.29, 1.82) is 0 Å². The number of benzene rings is 2. The molecule has 0 atom stereocenters. The number of anilines is 1. The molecule has 0 saturated carbocycles. The summed E-state index contributed by atoms with van der Waals surface area (Å²) in [7, 11) is -1.01. The average molecular weight is 426 g/mol. The maximum absolute atomic E-state index is 13.4. The van der Waals surface area contributed by atoms with Gasteiger partial charge < -0.3 is 9.26 Å². The smallest absolute Gasteiger partial charge is 0.269 e. The maximum Gasteiger partial charge on any atom is 0.269 e. The van der Waals surface area contributed by atoms with Crippen molar-refractivity contribution in [3.05, 3.63) is 66.0 Å². The first-order chi connectivity index (χ1) is 14.4. The zero-order valence-electron chi connectivity index (χ0n) is 16.9. The highest BCUT2D eigenvalue weighted by atomic mass is 32.2. The molecule has 0 radical (unpaired) electrons. The number of methoxy groups -OCH3 is 1. The molecule has 0 aliphatic rings. The highest BCUT2D eigenvalue weighted by Gasteiger charge is 2.29. The molecule has 30 heavy (non-hydrogen) atoms. The Morgan fingerprint density at radius 3 is 2.67 bits per heavy atom. The predicted octanol–water partition coefficient (Wildman–Crippen LogP) is 3.47. The van der Waals surface area contributed by atoms with Crippen molar-refractivity contribution in [2.75, 3.05) is 18.5 Å². The van der Waals surface area contributed by atoms with Gasteiger partial charge in [0.05, 0.1) is 19.0 Å². The minimum absolute atomic E-state index is 0.0932. The van der Waals surface area contributed by atoms with Gasteiger partial charge in [0, 0.05) is 19.4 Å². The average Bonchev–Trinajstić information content (AvgIpc) is 3.42. The topological polar surface area (TPSA) is 90.5 Å². The van der Waals surface area contributed by atoms with Crippen molar-refractivity contribution >= 4 is 26.8 Å². The third kappa shape index (κ3) is 3.52. The zero-order chi connectivity index (χ0) is 21.3. The molecular weight excluding hydrogens is 404 g/mol. The second kappa shape index (κ2) is 7.83. The molecule has 0 fully saturated rings. The van der Waals surface area contributed by atoms with E-state index in [-0.39, 0.29) is 16.5 Å². The first-order valence-electron chi connectivity index (χ1n) is 9.45. The van der Waals surface area contributed by atoms with Crippen LogP contribution in [0.5, 0.6) is 5.75 Å². The summed E-state index contributed by atoms with van der Waals surface area (Å²) in [5.41, 5.74) is 2.35. The molecule has 0 saturated heterocycles. The van der Waals surface area contributed by atoms with Crippen LogP contribution in [-0.2, 0) is 23.0 Å². The molecular formula is C21H22N4O4S. The second-order valence-electron chi connectivity index (χ2n) is 6.85. The SMILES string of the molecule is CCc1ccc(OC)c(S(=O)(=O)N(C)c2noc3ccc(Cn4cccn4)cc23)c1. The van der Waals surface area contributed by atoms with Gasteiger partial charge in [-0.05, 0) is 47.9 Å². The van der Waals surface area contributed by atoms with Crippen molar-refractivity contribution < 1.29 is 17.7 Å². The number of hydrogen-bond donors (Lipinski definition) is 0. The zero-order valence-corrected chi connectivity index (χ0v) is 17.8. The molecule has 8 nitrogen and oxygen atoms in total. The van der Waals surface area contributed by atoms with Gasteiger partial charge >= 0.3 is 0 Å². The number of aryl methyl sites for hydroxylation is 1. The van der Waals surface area contributed by atoms with E-state index < -0.39 is 10.0 Å². The first kappa shape index (κ1) is 20.0. The van der Waals surface area contributed by atoms with Crippen LogP contribution in [0.3, 0.4) is 0 Å². The number of sulfonamides is 1. The van der Waals surface area contributed by atoms with E-state index in [0.717, 1.165) is 15.4 Å². The van der Waals surface area contributed by atoms with E-state index in [1.165, 1.54) is 14.2 Å². The largest absolute Gasteiger partial charge is 0.495 e. The molecule has 0 amide bonds. The Bertz CT molecular complexity index is 1280. The van der Waals surface area contributed by atoms with Gasteiger partial charge in [0.2, 0.25) is 0 Å². The van der Waals surface area contributed by atoms with Gasteiger partial charge in [-0.2, -0.15) is 5.10 Å². The van der Waals surface area contributed by atoms with Gasteiger partial charge in [0.1, 0.15) is 10.6 Å². The lowest BCUT2D eigenvalue weighted by atomic mass is 10.1. The van der Waals surface area contributed by atoms with Crippen molar-refractivity contribution in [2.24, 2.45) is 0 Å². The number of hydrogen-bond acceptors (Lipinski definition) is 6. The Morgan fingerprint density at radius 1 is 1.17 bits per heavy atom. The number of nitrogens with zero attached hydrogens (tertiary/aromatic N) is 4. The lowest BCUT2D eigenvalue weighted by Crippen LogP contribution is -2.27. The molecule has 0 unspecified atom stereocenters. The Hall–Kier alpha value is -3.33. The van der Waals surface area contributed by atoms with Crippen LogP contribution in [0.15, 0.2) is 64.3 Å². The van der Waals surface area contributed by atoms with Gasteiger partial charge in [-0.25, -0.2) is 12.7 Å². The summed E-state index contributed by atoms with van der Waals surface area (Å²) in [6, 6.07) is 12.6. The highest BCUT2D eigenvalue weighted by molar-refractivity contribution is 7.93. The summed E-state index contributed by atoms with van der Waals surface area (Å²) >= 11 is 0. The minimum Gasteiger partial charge on any atom is -0.495 e. The number of rotatable bonds is 7. The van der Waals surface area contributed by atoms with E-state index in [2.05, 4.69) is 10.3 Å². The van der Waals surface area contributed by atoms with Crippen LogP contribution in [-0.4, -0.2) is 37.5 Å². The van der Waals surface area contributed by atoms with E-state index in [1.54, 1.807) is 29.1 Å². The highest BCUT2D eigenvalue weighted by Crippen LogP contribution is 2.33. The molecule has 156 valence electrons. The van der Waals surface area contributed by atoms with E-state index in [1.807, 2.05) is 37.4 Å². The van der Waals surface area contributed by atoms with Gasteiger partial charge in [0.25, 0.3) is 10.0 Å². The summed E-state index contributed by atoms with van der Waals surface area (Å²) in [6.45, 7) is 2.52. The van der Waals surface area contributed by atoms with E-state index in [0.29, 0.717) is 23.9 Å². The summed E-state index contributed by atoms with van der Waals surface area (Å²) in [5, 5.41) is 8.85. The van der Waals surface area contributed by atoms with Crippen molar-refractivity contribution in [3.63, 3.8) is 0 Å². The fourth-order valence-electron chi connectivity index (χ4n) is 3.28. The standard InChI is InChI=1S/C21H22N4O4S/c1-4-15-6-9-19(28-3)20(13-15)30(26,27)24(2)21-17-12-16(7-8-18(17)29-23-21)14-25-11-5-10-22-25/h5-13H,4,14H2,1-3H3. The van der Waals surface area contributed by atoms with Crippen LogP contribution < -0.4 is 9.04 Å².